The highest BCUT2D eigenvalue weighted by molar-refractivity contribution is 14.0. The number of rotatable bonds is 6. The van der Waals surface area contributed by atoms with E-state index in [1.54, 1.807) is 0 Å². The third-order valence-electron chi connectivity index (χ3n) is 3.52. The van der Waals surface area contributed by atoms with Crippen LogP contribution in [0.25, 0.3) is 0 Å². The molecule has 0 heterocycles. The number of hydrogen-bond acceptors (Lipinski definition) is 1. The molecule has 1 fully saturated rings. The zero-order valence-electron chi connectivity index (χ0n) is 12.0. The number of aliphatic imine (C=N–C) groups is 1. The van der Waals surface area contributed by atoms with Crippen LogP contribution in [0.1, 0.15) is 39.5 Å². The smallest absolute Gasteiger partial charge is 0.191 e. The van der Waals surface area contributed by atoms with E-state index < -0.39 is 0 Å². The molecule has 0 radical (unpaired) electrons. The lowest BCUT2D eigenvalue weighted by molar-refractivity contribution is 0.105. The van der Waals surface area contributed by atoms with Gasteiger partial charge in [-0.2, -0.15) is 0 Å². The van der Waals surface area contributed by atoms with Crippen molar-refractivity contribution in [2.45, 2.75) is 39.5 Å². The molecular formula is C14H28IN3. The average Bonchev–Trinajstić information content (AvgIpc) is 2.25. The van der Waals surface area contributed by atoms with E-state index in [1.807, 2.05) is 13.1 Å². The largest absolute Gasteiger partial charge is 0.356 e. The average molecular weight is 365 g/mol. The van der Waals surface area contributed by atoms with E-state index >= 15 is 0 Å². The van der Waals surface area contributed by atoms with Gasteiger partial charge in [0.2, 0.25) is 0 Å². The summed E-state index contributed by atoms with van der Waals surface area (Å²) in [4.78, 5) is 4.21. The second-order valence-corrected chi connectivity index (χ2v) is 5.55. The molecule has 0 atom stereocenters. The lowest BCUT2D eigenvalue weighted by Gasteiger charge is -2.43. The van der Waals surface area contributed by atoms with Gasteiger partial charge >= 0.3 is 0 Å². The van der Waals surface area contributed by atoms with E-state index in [0.717, 1.165) is 25.0 Å². The van der Waals surface area contributed by atoms with Gasteiger partial charge in [-0.3, -0.25) is 4.99 Å². The highest BCUT2D eigenvalue weighted by Gasteiger charge is 2.37. The van der Waals surface area contributed by atoms with E-state index in [1.165, 1.54) is 25.7 Å². The fourth-order valence-electron chi connectivity index (χ4n) is 2.66. The molecule has 1 rings (SSSR count). The topological polar surface area (TPSA) is 36.4 Å². The monoisotopic (exact) mass is 365 g/mol. The van der Waals surface area contributed by atoms with Crippen molar-refractivity contribution >= 4 is 29.9 Å². The molecule has 0 bridgehead atoms. The molecule has 0 aliphatic heterocycles. The van der Waals surface area contributed by atoms with Crippen LogP contribution < -0.4 is 10.6 Å². The van der Waals surface area contributed by atoms with Crippen molar-refractivity contribution in [3.8, 4) is 0 Å². The maximum atomic E-state index is 4.21. The minimum absolute atomic E-state index is 0. The van der Waals surface area contributed by atoms with Gasteiger partial charge in [0.1, 0.15) is 0 Å². The van der Waals surface area contributed by atoms with Gasteiger partial charge < -0.3 is 10.6 Å². The van der Waals surface area contributed by atoms with Crippen molar-refractivity contribution in [2.24, 2.45) is 16.3 Å². The fraction of sp³-hybridized carbons (Fsp3) is 0.786. The third kappa shape index (κ3) is 5.59. The first-order chi connectivity index (χ1) is 8.12. The molecule has 0 amide bonds. The third-order valence-corrected chi connectivity index (χ3v) is 3.52. The second-order valence-electron chi connectivity index (χ2n) is 5.55. The Morgan fingerprint density at radius 2 is 2.06 bits per heavy atom. The van der Waals surface area contributed by atoms with Crippen molar-refractivity contribution in [1.82, 2.24) is 10.6 Å². The Hall–Kier alpha value is -0.260. The maximum absolute atomic E-state index is 4.21. The van der Waals surface area contributed by atoms with Gasteiger partial charge in [-0.15, -0.1) is 30.6 Å². The predicted molar refractivity (Wildman–Crippen MR) is 90.7 cm³/mol. The molecule has 1 aliphatic rings. The predicted octanol–water partition coefficient (Wildman–Crippen LogP) is 3.17. The summed E-state index contributed by atoms with van der Waals surface area (Å²) in [6.45, 7) is 10.1. The van der Waals surface area contributed by atoms with Gasteiger partial charge in [0.15, 0.2) is 5.96 Å². The van der Waals surface area contributed by atoms with Crippen LogP contribution in [-0.2, 0) is 0 Å². The second kappa shape index (κ2) is 8.77. The van der Waals surface area contributed by atoms with Crippen LogP contribution in [0.5, 0.6) is 0 Å². The molecule has 0 saturated heterocycles. The molecule has 0 spiro atoms. The van der Waals surface area contributed by atoms with Crippen molar-refractivity contribution in [2.75, 3.05) is 20.1 Å². The van der Waals surface area contributed by atoms with Crippen molar-refractivity contribution in [3.63, 3.8) is 0 Å². The van der Waals surface area contributed by atoms with Crippen LogP contribution in [-0.4, -0.2) is 26.1 Å². The number of nitrogens with zero attached hydrogens (tertiary/aromatic N) is 1. The van der Waals surface area contributed by atoms with E-state index in [0.29, 0.717) is 5.41 Å². The van der Waals surface area contributed by atoms with Gasteiger partial charge in [0, 0.05) is 20.1 Å². The van der Waals surface area contributed by atoms with Gasteiger partial charge in [0.05, 0.1) is 0 Å². The lowest BCUT2D eigenvalue weighted by atomic mass is 9.64. The number of hydrogen-bond donors (Lipinski definition) is 2. The van der Waals surface area contributed by atoms with Gasteiger partial charge in [-0.1, -0.05) is 26.3 Å². The zero-order chi connectivity index (χ0) is 12.7. The Labute approximate surface area is 129 Å². The van der Waals surface area contributed by atoms with Crippen LogP contribution in [0, 0.1) is 11.3 Å². The SMILES string of the molecule is C=CCNC(=NC)NCC1(CC(C)C)CCC1.I. The van der Waals surface area contributed by atoms with Crippen LogP contribution in [0.4, 0.5) is 0 Å². The van der Waals surface area contributed by atoms with E-state index in [9.17, 15) is 0 Å². The van der Waals surface area contributed by atoms with Crippen LogP contribution >= 0.6 is 24.0 Å². The van der Waals surface area contributed by atoms with Gasteiger partial charge in [-0.25, -0.2) is 0 Å². The van der Waals surface area contributed by atoms with Gasteiger partial charge in [0.25, 0.3) is 0 Å². The molecular weight excluding hydrogens is 337 g/mol. The van der Waals surface area contributed by atoms with E-state index in [4.69, 9.17) is 0 Å². The molecule has 2 N–H and O–H groups in total. The Balaban J connectivity index is 0.00000289. The number of nitrogens with one attached hydrogen (secondary N) is 2. The lowest BCUT2D eigenvalue weighted by Crippen LogP contribution is -2.47. The molecule has 1 aliphatic carbocycles. The van der Waals surface area contributed by atoms with Crippen molar-refractivity contribution in [3.05, 3.63) is 12.7 Å². The first-order valence-electron chi connectivity index (χ1n) is 6.67. The summed E-state index contributed by atoms with van der Waals surface area (Å²) < 4.78 is 0. The summed E-state index contributed by atoms with van der Waals surface area (Å²) in [6.07, 6.45) is 7.26. The summed E-state index contributed by atoms with van der Waals surface area (Å²) >= 11 is 0. The fourth-order valence-corrected chi connectivity index (χ4v) is 2.66. The highest BCUT2D eigenvalue weighted by Crippen LogP contribution is 2.45. The van der Waals surface area contributed by atoms with Crippen LogP contribution in [0.3, 0.4) is 0 Å². The summed E-state index contributed by atoms with van der Waals surface area (Å²) in [6, 6.07) is 0. The standard InChI is InChI=1S/C14H27N3.HI/c1-5-9-16-13(15-4)17-11-14(7-6-8-14)10-12(2)3;/h5,12H,1,6-11H2,2-4H3,(H2,15,16,17);1H. The molecule has 3 nitrogen and oxygen atoms in total. The van der Waals surface area contributed by atoms with E-state index in [-0.39, 0.29) is 24.0 Å². The van der Waals surface area contributed by atoms with Crippen LogP contribution in [0.2, 0.25) is 0 Å². The van der Waals surface area contributed by atoms with Crippen molar-refractivity contribution < 1.29 is 0 Å². The molecule has 0 unspecified atom stereocenters. The summed E-state index contributed by atoms with van der Waals surface area (Å²) in [5.41, 5.74) is 0.514. The van der Waals surface area contributed by atoms with Crippen LogP contribution in [0.15, 0.2) is 17.6 Å². The normalized spacial score (nSPS) is 17.7. The Kier molecular flexibility index (Phi) is 8.65. The first-order valence-corrected chi connectivity index (χ1v) is 6.67. The highest BCUT2D eigenvalue weighted by atomic mass is 127. The van der Waals surface area contributed by atoms with Gasteiger partial charge in [-0.05, 0) is 30.6 Å². The zero-order valence-corrected chi connectivity index (χ0v) is 14.3. The number of halogens is 1. The molecule has 106 valence electrons. The number of guanidine groups is 1. The molecule has 4 heteroatoms. The summed E-state index contributed by atoms with van der Waals surface area (Å²) in [5, 5.41) is 6.66. The quantitative estimate of drug-likeness (QED) is 0.328. The Morgan fingerprint density at radius 3 is 2.44 bits per heavy atom. The molecule has 1 saturated carbocycles. The first kappa shape index (κ1) is 17.7. The molecule has 0 aromatic heterocycles. The minimum atomic E-state index is 0. The van der Waals surface area contributed by atoms with Crippen molar-refractivity contribution in [1.29, 1.82) is 0 Å². The molecule has 0 aromatic rings. The summed E-state index contributed by atoms with van der Waals surface area (Å²) in [5.74, 6) is 1.67. The maximum Gasteiger partial charge on any atom is 0.191 e. The summed E-state index contributed by atoms with van der Waals surface area (Å²) in [7, 11) is 1.81. The Morgan fingerprint density at radius 1 is 1.39 bits per heavy atom. The Bertz CT molecular complexity index is 270. The minimum Gasteiger partial charge on any atom is -0.356 e. The molecule has 0 aromatic carbocycles. The van der Waals surface area contributed by atoms with E-state index in [2.05, 4.69) is 36.1 Å². The molecule has 18 heavy (non-hydrogen) atoms.